The van der Waals surface area contributed by atoms with Crippen molar-refractivity contribution in [1.82, 2.24) is 19.5 Å². The van der Waals surface area contributed by atoms with Crippen LogP contribution in [0, 0.1) is 6.92 Å². The van der Waals surface area contributed by atoms with Crippen LogP contribution in [0.4, 0.5) is 0 Å². The maximum Gasteiger partial charge on any atom is 0.160 e. The quantitative estimate of drug-likeness (QED) is 0.728. The Hall–Kier alpha value is -1.42. The average Bonchev–Trinajstić information content (AvgIpc) is 2.76. The second-order valence-electron chi connectivity index (χ2n) is 4.75. The first-order valence-corrected chi connectivity index (χ1v) is 5.73. The van der Waals surface area contributed by atoms with E-state index < -0.39 is 0 Å². The van der Waals surface area contributed by atoms with Crippen LogP contribution >= 0.6 is 0 Å². The van der Waals surface area contributed by atoms with Gasteiger partial charge in [0.25, 0.3) is 0 Å². The van der Waals surface area contributed by atoms with Crippen molar-refractivity contribution in [3.8, 4) is 0 Å². The van der Waals surface area contributed by atoms with Gasteiger partial charge < -0.3 is 0 Å². The number of aryl methyl sites for hydroxylation is 1. The van der Waals surface area contributed by atoms with E-state index in [1.807, 2.05) is 16.8 Å². The molecule has 4 nitrogen and oxygen atoms in total. The van der Waals surface area contributed by atoms with Crippen molar-refractivity contribution in [3.05, 3.63) is 29.2 Å². The van der Waals surface area contributed by atoms with Crippen molar-refractivity contribution < 1.29 is 0 Å². The Labute approximate surface area is 94.9 Å². The van der Waals surface area contributed by atoms with Crippen molar-refractivity contribution >= 4 is 5.65 Å². The summed E-state index contributed by atoms with van der Waals surface area (Å²) in [6, 6.07) is 2.56. The van der Waals surface area contributed by atoms with Crippen molar-refractivity contribution in [2.45, 2.75) is 39.9 Å². The van der Waals surface area contributed by atoms with Gasteiger partial charge in [-0.1, -0.05) is 0 Å². The lowest BCUT2D eigenvalue weighted by atomic mass is 10.3. The third kappa shape index (κ3) is 1.26. The summed E-state index contributed by atoms with van der Waals surface area (Å²) in [4.78, 5) is 6.86. The van der Waals surface area contributed by atoms with Crippen LogP contribution in [0.15, 0.2) is 12.3 Å². The average molecular weight is 216 g/mol. The second kappa shape index (κ2) is 3.28. The largest absolute Gasteiger partial charge is 0.291 e. The summed E-state index contributed by atoms with van der Waals surface area (Å²) in [6.45, 7) is 8.44. The van der Waals surface area contributed by atoms with Crippen molar-refractivity contribution in [3.63, 3.8) is 0 Å². The monoisotopic (exact) mass is 216 g/mol. The minimum atomic E-state index is 0.569. The van der Waals surface area contributed by atoms with Crippen molar-refractivity contribution in [2.75, 3.05) is 0 Å². The predicted octanol–water partition coefficient (Wildman–Crippen LogP) is 1.76. The van der Waals surface area contributed by atoms with Gasteiger partial charge in [0, 0.05) is 36.6 Å². The number of hydrogen-bond acceptors (Lipinski definition) is 3. The highest BCUT2D eigenvalue weighted by Crippen LogP contribution is 2.26. The van der Waals surface area contributed by atoms with Gasteiger partial charge in [0.15, 0.2) is 5.65 Å². The topological polar surface area (TPSA) is 33.4 Å². The molecule has 0 radical (unpaired) electrons. The molecule has 0 N–H and O–H groups in total. The number of hydrogen-bond donors (Lipinski definition) is 0. The summed E-state index contributed by atoms with van der Waals surface area (Å²) in [5, 5.41) is 4.64. The lowest BCUT2D eigenvalue weighted by Gasteiger charge is -2.19. The Balaban J connectivity index is 2.12. The fourth-order valence-electron chi connectivity index (χ4n) is 2.26. The first kappa shape index (κ1) is 9.78. The molecule has 84 valence electrons. The Bertz CT molecular complexity index is 541. The molecule has 3 rings (SSSR count). The molecule has 0 bridgehead atoms. The van der Waals surface area contributed by atoms with Gasteiger partial charge in [0.2, 0.25) is 0 Å². The third-order valence-electron chi connectivity index (χ3n) is 3.33. The van der Waals surface area contributed by atoms with Crippen LogP contribution in [0.1, 0.15) is 30.8 Å². The maximum atomic E-state index is 4.64. The van der Waals surface area contributed by atoms with E-state index in [0.29, 0.717) is 6.04 Å². The minimum absolute atomic E-state index is 0.569. The fraction of sp³-hybridized carbons (Fsp3) is 0.500. The van der Waals surface area contributed by atoms with E-state index in [9.17, 15) is 0 Å². The van der Waals surface area contributed by atoms with Crippen LogP contribution in [0.25, 0.3) is 5.65 Å². The van der Waals surface area contributed by atoms with E-state index in [2.05, 4.69) is 35.8 Å². The van der Waals surface area contributed by atoms with Gasteiger partial charge in [-0.15, -0.1) is 0 Å². The molecule has 0 fully saturated rings. The maximum absolute atomic E-state index is 4.64. The van der Waals surface area contributed by atoms with Crippen LogP contribution in [0.3, 0.4) is 0 Å². The van der Waals surface area contributed by atoms with Gasteiger partial charge in [-0.25, -0.2) is 9.50 Å². The van der Waals surface area contributed by atoms with E-state index in [1.54, 1.807) is 0 Å². The van der Waals surface area contributed by atoms with Gasteiger partial charge in [-0.05, 0) is 26.8 Å². The third-order valence-corrected chi connectivity index (χ3v) is 3.33. The van der Waals surface area contributed by atoms with Crippen LogP contribution in [-0.4, -0.2) is 25.5 Å². The molecule has 0 saturated carbocycles. The molecule has 2 aromatic heterocycles. The SMILES string of the molecule is Cc1ccnc2c3c(nn12)CN(C(C)C)C3. The Morgan fingerprint density at radius 1 is 1.31 bits per heavy atom. The van der Waals surface area contributed by atoms with Gasteiger partial charge in [-0.3, -0.25) is 4.90 Å². The molecule has 0 aliphatic carbocycles. The van der Waals surface area contributed by atoms with Crippen molar-refractivity contribution in [2.24, 2.45) is 0 Å². The standard InChI is InChI=1S/C12H16N4/c1-8(2)15-6-10-11(7-15)14-16-9(3)4-5-13-12(10)16/h4-5,8H,6-7H2,1-3H3. The molecule has 1 aliphatic rings. The molecule has 3 heterocycles. The number of rotatable bonds is 1. The smallest absolute Gasteiger partial charge is 0.160 e. The molecule has 2 aromatic rings. The molecule has 0 unspecified atom stereocenters. The zero-order valence-electron chi connectivity index (χ0n) is 9.94. The van der Waals surface area contributed by atoms with E-state index in [0.717, 1.165) is 24.4 Å². The highest BCUT2D eigenvalue weighted by atomic mass is 15.3. The number of fused-ring (bicyclic) bond motifs is 3. The van der Waals surface area contributed by atoms with Crippen LogP contribution in [-0.2, 0) is 13.1 Å². The lowest BCUT2D eigenvalue weighted by molar-refractivity contribution is 0.225. The van der Waals surface area contributed by atoms with E-state index >= 15 is 0 Å². The lowest BCUT2D eigenvalue weighted by Crippen LogP contribution is -2.25. The first-order chi connectivity index (χ1) is 7.66. The Morgan fingerprint density at radius 2 is 2.12 bits per heavy atom. The highest BCUT2D eigenvalue weighted by Gasteiger charge is 2.26. The van der Waals surface area contributed by atoms with Crippen LogP contribution < -0.4 is 0 Å². The van der Waals surface area contributed by atoms with E-state index in [4.69, 9.17) is 0 Å². The Kier molecular flexibility index (Phi) is 2.01. The van der Waals surface area contributed by atoms with E-state index in [1.165, 1.54) is 11.3 Å². The summed E-state index contributed by atoms with van der Waals surface area (Å²) >= 11 is 0. The summed E-state index contributed by atoms with van der Waals surface area (Å²) < 4.78 is 1.96. The summed E-state index contributed by atoms with van der Waals surface area (Å²) in [5.74, 6) is 0. The fourth-order valence-corrected chi connectivity index (χ4v) is 2.26. The molecule has 0 saturated heterocycles. The highest BCUT2D eigenvalue weighted by molar-refractivity contribution is 5.52. The van der Waals surface area contributed by atoms with Crippen molar-refractivity contribution in [1.29, 1.82) is 0 Å². The van der Waals surface area contributed by atoms with Gasteiger partial charge in [-0.2, -0.15) is 5.10 Å². The van der Waals surface area contributed by atoms with Gasteiger partial charge in [0.1, 0.15) is 0 Å². The molecule has 0 aromatic carbocycles. The molecule has 16 heavy (non-hydrogen) atoms. The summed E-state index contributed by atoms with van der Waals surface area (Å²) in [7, 11) is 0. The molecule has 0 spiro atoms. The van der Waals surface area contributed by atoms with Crippen LogP contribution in [0.5, 0.6) is 0 Å². The van der Waals surface area contributed by atoms with Gasteiger partial charge >= 0.3 is 0 Å². The number of nitrogens with zero attached hydrogens (tertiary/aromatic N) is 4. The number of aromatic nitrogens is 3. The zero-order valence-corrected chi connectivity index (χ0v) is 9.94. The molecule has 4 heteroatoms. The predicted molar refractivity (Wildman–Crippen MR) is 62.1 cm³/mol. The molecule has 1 aliphatic heterocycles. The summed E-state index contributed by atoms with van der Waals surface area (Å²) in [6.07, 6.45) is 1.87. The van der Waals surface area contributed by atoms with E-state index in [-0.39, 0.29) is 0 Å². The minimum Gasteiger partial charge on any atom is -0.291 e. The molecule has 0 atom stereocenters. The molecule has 0 amide bonds. The molecular formula is C12H16N4. The normalized spacial score (nSPS) is 16.2. The first-order valence-electron chi connectivity index (χ1n) is 5.73. The van der Waals surface area contributed by atoms with Gasteiger partial charge in [0.05, 0.1) is 5.69 Å². The summed E-state index contributed by atoms with van der Waals surface area (Å²) in [5.41, 5.74) is 4.67. The second-order valence-corrected chi connectivity index (χ2v) is 4.75. The van der Waals surface area contributed by atoms with Crippen LogP contribution in [0.2, 0.25) is 0 Å². The molecular weight excluding hydrogens is 200 g/mol. The zero-order chi connectivity index (χ0) is 11.3. The Morgan fingerprint density at radius 3 is 2.88 bits per heavy atom.